The van der Waals surface area contributed by atoms with Crippen molar-refractivity contribution in [2.24, 2.45) is 0 Å². The molecule has 44 heavy (non-hydrogen) atoms. The van der Waals surface area contributed by atoms with Crippen LogP contribution in [0.25, 0.3) is 92.2 Å². The van der Waals surface area contributed by atoms with E-state index >= 15 is 0 Å². The quantitative estimate of drug-likeness (QED) is 0.209. The highest BCUT2D eigenvalue weighted by Gasteiger charge is 2.20. The van der Waals surface area contributed by atoms with Crippen molar-refractivity contribution >= 4 is 69.6 Å². The SMILES string of the molecule is c1ccc(-c2cc(-c3ccccc3)nc(-c3cccc4sc5cc6c7cccc8c9ccccc9n(c6cc5c34)c87)n2)cc1. The fraction of sp³-hybridized carbons (Fsp3) is 0. The van der Waals surface area contributed by atoms with Crippen molar-refractivity contribution in [3.8, 4) is 33.9 Å². The normalized spacial score (nSPS) is 12.1. The molecule has 0 aliphatic carbocycles. The van der Waals surface area contributed by atoms with E-state index in [2.05, 4.69) is 132 Å². The van der Waals surface area contributed by atoms with Gasteiger partial charge in [-0.2, -0.15) is 0 Å². The molecule has 0 unspecified atom stereocenters. The van der Waals surface area contributed by atoms with Gasteiger partial charge in [-0.25, -0.2) is 9.97 Å². The van der Waals surface area contributed by atoms with Crippen molar-refractivity contribution in [1.82, 2.24) is 14.4 Å². The second kappa shape index (κ2) is 8.96. The summed E-state index contributed by atoms with van der Waals surface area (Å²) in [5.74, 6) is 0.744. The molecule has 4 heterocycles. The highest BCUT2D eigenvalue weighted by molar-refractivity contribution is 7.26. The summed E-state index contributed by atoms with van der Waals surface area (Å²) in [6.07, 6.45) is 0. The maximum absolute atomic E-state index is 5.19. The van der Waals surface area contributed by atoms with Gasteiger partial charge in [0, 0.05) is 58.4 Å². The number of fused-ring (bicyclic) bond motifs is 9. The van der Waals surface area contributed by atoms with Crippen LogP contribution in [0.5, 0.6) is 0 Å². The molecule has 0 spiro atoms. The van der Waals surface area contributed by atoms with Crippen molar-refractivity contribution in [3.63, 3.8) is 0 Å². The molecule has 0 saturated heterocycles. The van der Waals surface area contributed by atoms with Crippen LogP contribution in [0.15, 0.2) is 140 Å². The zero-order valence-electron chi connectivity index (χ0n) is 23.5. The Balaban J connectivity index is 1.30. The van der Waals surface area contributed by atoms with E-state index in [9.17, 15) is 0 Å². The van der Waals surface area contributed by atoms with E-state index in [1.54, 1.807) is 0 Å². The third-order valence-corrected chi connectivity index (χ3v) is 10.1. The van der Waals surface area contributed by atoms with Gasteiger partial charge in [-0.3, -0.25) is 0 Å². The number of benzene rings is 6. The van der Waals surface area contributed by atoms with E-state index < -0.39 is 0 Å². The third-order valence-electron chi connectivity index (χ3n) is 8.95. The number of thiophene rings is 1. The molecule has 10 aromatic rings. The van der Waals surface area contributed by atoms with E-state index in [4.69, 9.17) is 9.97 Å². The van der Waals surface area contributed by atoms with Crippen LogP contribution in [0.3, 0.4) is 0 Å². The fourth-order valence-electron chi connectivity index (χ4n) is 7.02. The molecule has 0 aliphatic rings. The second-order valence-electron chi connectivity index (χ2n) is 11.4. The van der Waals surface area contributed by atoms with E-state index in [1.165, 1.54) is 58.3 Å². The molecule has 0 N–H and O–H groups in total. The molecule has 0 fully saturated rings. The molecule has 0 amide bonds. The molecule has 4 aromatic heterocycles. The molecular weight excluding hydrogens is 555 g/mol. The standard InChI is InChI=1S/C40H23N3S/c1-3-11-24(12-4-1)32-23-33(25-13-5-2-6-14-25)42-40(41-32)29-18-10-20-36-38(29)31-21-35-30(22-37(31)44-36)28-17-9-16-27-26-15-7-8-19-34(26)43(35)39(27)28/h1-23H. The zero-order chi connectivity index (χ0) is 28.8. The van der Waals surface area contributed by atoms with Crippen molar-refractivity contribution in [2.45, 2.75) is 0 Å². The predicted molar refractivity (Wildman–Crippen MR) is 186 cm³/mol. The highest BCUT2D eigenvalue weighted by atomic mass is 32.1. The van der Waals surface area contributed by atoms with Crippen LogP contribution >= 0.6 is 11.3 Å². The van der Waals surface area contributed by atoms with Crippen LogP contribution in [-0.4, -0.2) is 14.4 Å². The van der Waals surface area contributed by atoms with Gasteiger partial charge < -0.3 is 4.40 Å². The minimum absolute atomic E-state index is 0.744. The van der Waals surface area contributed by atoms with Gasteiger partial charge >= 0.3 is 0 Å². The van der Waals surface area contributed by atoms with Crippen LogP contribution in [0.4, 0.5) is 0 Å². The van der Waals surface area contributed by atoms with E-state index in [1.807, 2.05) is 23.5 Å². The molecular formula is C40H23N3S. The number of para-hydroxylation sites is 2. The lowest BCUT2D eigenvalue weighted by atomic mass is 10.0. The van der Waals surface area contributed by atoms with Gasteiger partial charge in [-0.05, 0) is 30.3 Å². The number of aromatic nitrogens is 3. The summed E-state index contributed by atoms with van der Waals surface area (Å²) in [5.41, 5.74) is 8.85. The fourth-order valence-corrected chi connectivity index (χ4v) is 8.17. The second-order valence-corrected chi connectivity index (χ2v) is 12.5. The van der Waals surface area contributed by atoms with Crippen LogP contribution in [0, 0.1) is 0 Å². The summed E-state index contributed by atoms with van der Waals surface area (Å²) in [6.45, 7) is 0. The average Bonchev–Trinajstić information content (AvgIpc) is 3.74. The molecule has 6 aromatic carbocycles. The van der Waals surface area contributed by atoms with Gasteiger partial charge in [0.1, 0.15) is 0 Å². The first-order valence-corrected chi connectivity index (χ1v) is 15.7. The molecule has 0 radical (unpaired) electrons. The third kappa shape index (κ3) is 3.31. The van der Waals surface area contributed by atoms with Crippen molar-refractivity contribution in [2.75, 3.05) is 0 Å². The lowest BCUT2D eigenvalue weighted by Gasteiger charge is -2.10. The lowest BCUT2D eigenvalue weighted by molar-refractivity contribution is 1.19. The molecule has 0 aliphatic heterocycles. The molecule has 204 valence electrons. The number of rotatable bonds is 3. The first kappa shape index (κ1) is 23.9. The van der Waals surface area contributed by atoms with Gasteiger partial charge in [-0.1, -0.05) is 109 Å². The smallest absolute Gasteiger partial charge is 0.161 e. The maximum Gasteiger partial charge on any atom is 0.161 e. The highest BCUT2D eigenvalue weighted by Crippen LogP contribution is 2.45. The maximum atomic E-state index is 5.19. The summed E-state index contributed by atoms with van der Waals surface area (Å²) in [4.78, 5) is 10.4. The minimum atomic E-state index is 0.744. The Kier molecular flexibility index (Phi) is 4.87. The Morgan fingerprint density at radius 3 is 1.84 bits per heavy atom. The lowest BCUT2D eigenvalue weighted by Crippen LogP contribution is -1.96. The predicted octanol–water partition coefficient (Wildman–Crippen LogP) is 11.0. The Hall–Kier alpha value is -5.58. The van der Waals surface area contributed by atoms with Gasteiger partial charge in [-0.15, -0.1) is 11.3 Å². The number of nitrogens with zero attached hydrogens (tertiary/aromatic N) is 3. The first-order valence-electron chi connectivity index (χ1n) is 14.8. The monoisotopic (exact) mass is 577 g/mol. The molecule has 4 heteroatoms. The van der Waals surface area contributed by atoms with Gasteiger partial charge in [0.2, 0.25) is 0 Å². The Morgan fingerprint density at radius 1 is 0.455 bits per heavy atom. The van der Waals surface area contributed by atoms with Crippen LogP contribution in [0.2, 0.25) is 0 Å². The summed E-state index contributed by atoms with van der Waals surface area (Å²) >= 11 is 1.85. The zero-order valence-corrected chi connectivity index (χ0v) is 24.3. The van der Waals surface area contributed by atoms with Crippen molar-refractivity contribution in [3.05, 3.63) is 140 Å². The molecule has 0 bridgehead atoms. The summed E-state index contributed by atoms with van der Waals surface area (Å²) < 4.78 is 4.98. The van der Waals surface area contributed by atoms with Gasteiger partial charge in [0.05, 0.1) is 27.9 Å². The average molecular weight is 578 g/mol. The van der Waals surface area contributed by atoms with Crippen LogP contribution in [0.1, 0.15) is 0 Å². The molecule has 0 atom stereocenters. The summed E-state index contributed by atoms with van der Waals surface area (Å²) in [7, 11) is 0. The van der Waals surface area contributed by atoms with E-state index in [-0.39, 0.29) is 0 Å². The Labute approximate surface area is 256 Å². The van der Waals surface area contributed by atoms with Gasteiger partial charge in [0.15, 0.2) is 5.82 Å². The minimum Gasteiger partial charge on any atom is -0.308 e. The summed E-state index contributed by atoms with van der Waals surface area (Å²) in [6, 6.07) is 49.7. The molecule has 3 nitrogen and oxygen atoms in total. The number of hydrogen-bond donors (Lipinski definition) is 0. The first-order chi connectivity index (χ1) is 21.8. The Morgan fingerprint density at radius 2 is 1.09 bits per heavy atom. The van der Waals surface area contributed by atoms with Crippen molar-refractivity contribution < 1.29 is 0 Å². The van der Waals surface area contributed by atoms with Crippen LogP contribution < -0.4 is 0 Å². The number of hydrogen-bond acceptors (Lipinski definition) is 3. The van der Waals surface area contributed by atoms with E-state index in [0.29, 0.717) is 0 Å². The Bertz CT molecular complexity index is 2650. The largest absolute Gasteiger partial charge is 0.308 e. The summed E-state index contributed by atoms with van der Waals surface area (Å²) in [5, 5.41) is 7.66. The van der Waals surface area contributed by atoms with Crippen LogP contribution in [-0.2, 0) is 0 Å². The molecule has 10 rings (SSSR count). The topological polar surface area (TPSA) is 30.2 Å². The van der Waals surface area contributed by atoms with E-state index in [0.717, 1.165) is 33.9 Å². The molecule has 0 saturated carbocycles. The van der Waals surface area contributed by atoms with Gasteiger partial charge in [0.25, 0.3) is 0 Å². The van der Waals surface area contributed by atoms with Crippen molar-refractivity contribution in [1.29, 1.82) is 0 Å².